The Kier molecular flexibility index (Phi) is 6.74. The molecule has 0 aliphatic heterocycles. The van der Waals surface area contributed by atoms with Crippen molar-refractivity contribution in [3.63, 3.8) is 0 Å². The molecule has 0 spiro atoms. The molecular formula is C22H21N3O6S. The van der Waals surface area contributed by atoms with Crippen molar-refractivity contribution >= 4 is 33.0 Å². The summed E-state index contributed by atoms with van der Waals surface area (Å²) in [6.07, 6.45) is 0. The fourth-order valence-corrected chi connectivity index (χ4v) is 3.90. The summed E-state index contributed by atoms with van der Waals surface area (Å²) in [4.78, 5) is 22.7. The first kappa shape index (κ1) is 22.8. The maximum absolute atomic E-state index is 12.5. The summed E-state index contributed by atoms with van der Waals surface area (Å²) >= 11 is 0. The average molecular weight is 455 g/mol. The molecule has 3 rings (SSSR count). The summed E-state index contributed by atoms with van der Waals surface area (Å²) in [6.45, 7) is 3.09. The largest absolute Gasteiger partial charge is 0.484 e. The van der Waals surface area contributed by atoms with E-state index in [1.165, 1.54) is 36.4 Å². The van der Waals surface area contributed by atoms with E-state index in [4.69, 9.17) is 4.74 Å². The van der Waals surface area contributed by atoms with Gasteiger partial charge >= 0.3 is 0 Å². The molecule has 1 amide bonds. The Morgan fingerprint density at radius 3 is 2.28 bits per heavy atom. The fraction of sp³-hybridized carbons (Fsp3) is 0.136. The number of nitrogens with one attached hydrogen (secondary N) is 2. The molecule has 0 radical (unpaired) electrons. The standard InChI is InChI=1S/C22H21N3O6S/c1-15-6-8-17(9-7-15)24-32(29,30)19-12-10-18(11-13-19)31-14-22(26)23-20-4-3-5-21(16(20)2)25(27)28/h3-13,24H,14H2,1-2H3,(H,23,26). The van der Waals surface area contributed by atoms with Crippen LogP contribution in [-0.4, -0.2) is 25.9 Å². The molecule has 166 valence electrons. The topological polar surface area (TPSA) is 128 Å². The third-order valence-electron chi connectivity index (χ3n) is 4.58. The van der Waals surface area contributed by atoms with Crippen LogP contribution in [0.2, 0.25) is 0 Å². The van der Waals surface area contributed by atoms with Crippen LogP contribution in [0, 0.1) is 24.0 Å². The molecule has 0 aromatic heterocycles. The monoisotopic (exact) mass is 455 g/mol. The number of sulfonamides is 1. The van der Waals surface area contributed by atoms with E-state index in [1.807, 2.05) is 6.92 Å². The van der Waals surface area contributed by atoms with Crippen molar-refractivity contribution in [3.05, 3.63) is 88.0 Å². The normalized spacial score (nSPS) is 10.9. The summed E-state index contributed by atoms with van der Waals surface area (Å²) < 4.78 is 32.9. The van der Waals surface area contributed by atoms with Crippen molar-refractivity contribution in [1.29, 1.82) is 0 Å². The molecular weight excluding hydrogens is 434 g/mol. The molecule has 32 heavy (non-hydrogen) atoms. The number of ether oxygens (including phenoxy) is 1. The highest BCUT2D eigenvalue weighted by Gasteiger charge is 2.16. The van der Waals surface area contributed by atoms with Crippen LogP contribution < -0.4 is 14.8 Å². The third-order valence-corrected chi connectivity index (χ3v) is 5.98. The second kappa shape index (κ2) is 9.48. The summed E-state index contributed by atoms with van der Waals surface area (Å²) in [5.74, 6) is -0.212. The Morgan fingerprint density at radius 2 is 1.66 bits per heavy atom. The Hall–Kier alpha value is -3.92. The van der Waals surface area contributed by atoms with Crippen LogP contribution in [-0.2, 0) is 14.8 Å². The van der Waals surface area contributed by atoms with E-state index in [2.05, 4.69) is 10.0 Å². The van der Waals surface area contributed by atoms with Crippen molar-refractivity contribution in [2.75, 3.05) is 16.6 Å². The van der Waals surface area contributed by atoms with Crippen LogP contribution in [0.25, 0.3) is 0 Å². The second-order valence-electron chi connectivity index (χ2n) is 6.99. The minimum absolute atomic E-state index is 0.0436. The van der Waals surface area contributed by atoms with Gasteiger partial charge < -0.3 is 10.1 Å². The molecule has 10 heteroatoms. The van der Waals surface area contributed by atoms with Gasteiger partial charge in [0.05, 0.1) is 21.1 Å². The number of rotatable bonds is 8. The number of anilines is 2. The van der Waals surface area contributed by atoms with Crippen molar-refractivity contribution in [2.45, 2.75) is 18.7 Å². The molecule has 0 unspecified atom stereocenters. The highest BCUT2D eigenvalue weighted by atomic mass is 32.2. The Morgan fingerprint density at radius 1 is 1.00 bits per heavy atom. The average Bonchev–Trinajstić information content (AvgIpc) is 2.75. The second-order valence-corrected chi connectivity index (χ2v) is 8.67. The van der Waals surface area contributed by atoms with Crippen LogP contribution in [0.1, 0.15) is 11.1 Å². The predicted molar refractivity (Wildman–Crippen MR) is 120 cm³/mol. The molecule has 0 saturated heterocycles. The number of carbonyl (C=O) groups excluding carboxylic acids is 1. The van der Waals surface area contributed by atoms with Gasteiger partial charge in [-0.25, -0.2) is 8.42 Å². The lowest BCUT2D eigenvalue weighted by Gasteiger charge is -2.11. The molecule has 3 aromatic carbocycles. The highest BCUT2D eigenvalue weighted by molar-refractivity contribution is 7.92. The van der Waals surface area contributed by atoms with Crippen LogP contribution >= 0.6 is 0 Å². The smallest absolute Gasteiger partial charge is 0.274 e. The SMILES string of the molecule is Cc1ccc(NS(=O)(=O)c2ccc(OCC(=O)Nc3cccc([N+](=O)[O-])c3C)cc2)cc1. The van der Waals surface area contributed by atoms with Crippen molar-refractivity contribution in [1.82, 2.24) is 0 Å². The van der Waals surface area contributed by atoms with E-state index in [-0.39, 0.29) is 17.2 Å². The number of aryl methyl sites for hydroxylation is 1. The molecule has 0 saturated carbocycles. The van der Waals surface area contributed by atoms with Crippen LogP contribution in [0.4, 0.5) is 17.1 Å². The minimum Gasteiger partial charge on any atom is -0.484 e. The van der Waals surface area contributed by atoms with E-state index in [0.29, 0.717) is 22.7 Å². The first-order chi connectivity index (χ1) is 15.2. The molecule has 3 aromatic rings. The molecule has 0 aliphatic rings. The van der Waals surface area contributed by atoms with E-state index in [0.717, 1.165) is 5.56 Å². The van der Waals surface area contributed by atoms with Crippen molar-refractivity contribution in [3.8, 4) is 5.75 Å². The van der Waals surface area contributed by atoms with Gasteiger partial charge in [0.1, 0.15) is 5.75 Å². The van der Waals surface area contributed by atoms with Gasteiger partial charge in [-0.3, -0.25) is 19.6 Å². The predicted octanol–water partition coefficient (Wildman–Crippen LogP) is 4.03. The van der Waals surface area contributed by atoms with Crippen LogP contribution in [0.5, 0.6) is 5.75 Å². The number of nitrogens with zero attached hydrogens (tertiary/aromatic N) is 1. The zero-order chi connectivity index (χ0) is 23.3. The zero-order valence-electron chi connectivity index (χ0n) is 17.4. The molecule has 2 N–H and O–H groups in total. The van der Waals surface area contributed by atoms with E-state index in [9.17, 15) is 23.3 Å². The van der Waals surface area contributed by atoms with Gasteiger partial charge in [-0.1, -0.05) is 23.8 Å². The first-order valence-electron chi connectivity index (χ1n) is 9.52. The lowest BCUT2D eigenvalue weighted by Crippen LogP contribution is -2.21. The van der Waals surface area contributed by atoms with E-state index < -0.39 is 20.9 Å². The molecule has 0 heterocycles. The molecule has 9 nitrogen and oxygen atoms in total. The maximum atomic E-state index is 12.5. The Labute approximate surface area is 185 Å². The number of hydrogen-bond donors (Lipinski definition) is 2. The zero-order valence-corrected chi connectivity index (χ0v) is 18.2. The summed E-state index contributed by atoms with van der Waals surface area (Å²) in [5, 5.41) is 13.6. The van der Waals surface area contributed by atoms with E-state index in [1.54, 1.807) is 37.3 Å². The van der Waals surface area contributed by atoms with Crippen molar-refractivity contribution in [2.24, 2.45) is 0 Å². The number of nitro benzene ring substituents is 1. The molecule has 0 bridgehead atoms. The van der Waals surface area contributed by atoms with Crippen molar-refractivity contribution < 1.29 is 22.9 Å². The number of amides is 1. The number of nitro groups is 1. The lowest BCUT2D eigenvalue weighted by molar-refractivity contribution is -0.385. The molecule has 0 fully saturated rings. The summed E-state index contributed by atoms with van der Waals surface area (Å²) in [6, 6.07) is 17.0. The molecule has 0 aliphatic carbocycles. The fourth-order valence-electron chi connectivity index (χ4n) is 2.84. The minimum atomic E-state index is -3.77. The van der Waals surface area contributed by atoms with Gasteiger partial charge in [-0.15, -0.1) is 0 Å². The summed E-state index contributed by atoms with van der Waals surface area (Å²) in [5.41, 5.74) is 2.01. The van der Waals surface area contributed by atoms with Gasteiger partial charge in [0, 0.05) is 11.8 Å². The van der Waals surface area contributed by atoms with Gasteiger partial charge in [-0.2, -0.15) is 0 Å². The number of carbonyl (C=O) groups is 1. The number of benzene rings is 3. The van der Waals surface area contributed by atoms with E-state index >= 15 is 0 Å². The summed E-state index contributed by atoms with van der Waals surface area (Å²) in [7, 11) is -3.77. The van der Waals surface area contributed by atoms with Gasteiger partial charge in [0.2, 0.25) is 0 Å². The highest BCUT2D eigenvalue weighted by Crippen LogP contribution is 2.25. The first-order valence-corrected chi connectivity index (χ1v) is 11.0. The van der Waals surface area contributed by atoms with Gasteiger partial charge in [0.15, 0.2) is 6.61 Å². The molecule has 0 atom stereocenters. The van der Waals surface area contributed by atoms with Crippen LogP contribution in [0.15, 0.2) is 71.6 Å². The van der Waals surface area contributed by atoms with Gasteiger partial charge in [0.25, 0.3) is 21.6 Å². The van der Waals surface area contributed by atoms with Gasteiger partial charge in [-0.05, 0) is 56.3 Å². The number of hydrogen-bond acceptors (Lipinski definition) is 6. The third kappa shape index (κ3) is 5.61. The Balaban J connectivity index is 1.60. The quantitative estimate of drug-likeness (QED) is 0.390. The maximum Gasteiger partial charge on any atom is 0.274 e. The van der Waals surface area contributed by atoms with Crippen LogP contribution in [0.3, 0.4) is 0 Å². The lowest BCUT2D eigenvalue weighted by atomic mass is 10.1. The Bertz CT molecular complexity index is 1240.